The highest BCUT2D eigenvalue weighted by Crippen LogP contribution is 2.46. The number of nitrogens with one attached hydrogen (secondary N) is 1. The number of ketones is 1. The summed E-state index contributed by atoms with van der Waals surface area (Å²) in [5.41, 5.74) is 0.947. The summed E-state index contributed by atoms with van der Waals surface area (Å²) in [6.45, 7) is 1.97. The molecule has 1 saturated carbocycles. The van der Waals surface area contributed by atoms with E-state index in [9.17, 15) is 9.59 Å². The van der Waals surface area contributed by atoms with Gasteiger partial charge in [-0.1, -0.05) is 24.3 Å². The predicted octanol–water partition coefficient (Wildman–Crippen LogP) is 2.47. The van der Waals surface area contributed by atoms with Crippen LogP contribution in [-0.2, 0) is 9.59 Å². The van der Waals surface area contributed by atoms with Crippen LogP contribution in [0.3, 0.4) is 0 Å². The zero-order valence-electron chi connectivity index (χ0n) is 10.3. The van der Waals surface area contributed by atoms with Gasteiger partial charge in [0.25, 0.3) is 0 Å². The Morgan fingerprint density at radius 2 is 2.28 bits per heavy atom. The third kappa shape index (κ3) is 1.50. The first-order valence-electron chi connectivity index (χ1n) is 6.24. The van der Waals surface area contributed by atoms with Crippen molar-refractivity contribution in [3.63, 3.8) is 0 Å². The second kappa shape index (κ2) is 3.80. The van der Waals surface area contributed by atoms with Crippen molar-refractivity contribution in [2.45, 2.75) is 19.8 Å². The molecule has 3 heteroatoms. The minimum Gasteiger partial charge on any atom is -0.325 e. The molecule has 0 aliphatic heterocycles. The number of hydrogen-bond donors (Lipinski definition) is 1. The molecule has 0 saturated heterocycles. The van der Waals surface area contributed by atoms with Gasteiger partial charge < -0.3 is 5.32 Å². The van der Waals surface area contributed by atoms with E-state index in [2.05, 4.69) is 5.32 Å². The normalized spacial score (nSPS) is 28.7. The highest BCUT2D eigenvalue weighted by molar-refractivity contribution is 6.16. The number of aryl methyl sites for hydroxylation is 1. The maximum absolute atomic E-state index is 12.3. The lowest BCUT2D eigenvalue weighted by Crippen LogP contribution is -2.37. The van der Waals surface area contributed by atoms with Gasteiger partial charge in [-0.2, -0.15) is 0 Å². The number of benzene rings is 1. The second-order valence-electron chi connectivity index (χ2n) is 5.16. The summed E-state index contributed by atoms with van der Waals surface area (Å²) in [5.74, 6) is -0.157. The Bertz CT molecular complexity index is 561. The molecule has 18 heavy (non-hydrogen) atoms. The third-order valence-electron chi connectivity index (χ3n) is 3.92. The van der Waals surface area contributed by atoms with Gasteiger partial charge in [0.05, 0.1) is 0 Å². The van der Waals surface area contributed by atoms with Gasteiger partial charge in [0, 0.05) is 11.6 Å². The molecule has 2 aliphatic rings. The smallest absolute Gasteiger partial charge is 0.241 e. The van der Waals surface area contributed by atoms with Gasteiger partial charge in [-0.3, -0.25) is 9.59 Å². The van der Waals surface area contributed by atoms with Gasteiger partial charge in [-0.25, -0.2) is 0 Å². The van der Waals surface area contributed by atoms with Crippen LogP contribution in [-0.4, -0.2) is 11.7 Å². The Hall–Kier alpha value is -1.90. The SMILES string of the molecule is Cc1cccc(NC(=O)C23C=CC(CC2)C3=O)c1. The minimum atomic E-state index is -0.894. The molecule has 3 nitrogen and oxygen atoms in total. The topological polar surface area (TPSA) is 46.2 Å². The number of amides is 1. The van der Waals surface area contributed by atoms with Crippen LogP contribution >= 0.6 is 0 Å². The lowest BCUT2D eigenvalue weighted by molar-refractivity contribution is -0.133. The summed E-state index contributed by atoms with van der Waals surface area (Å²) >= 11 is 0. The molecule has 0 spiro atoms. The standard InChI is InChI=1S/C15H15NO2/c1-10-3-2-4-12(9-10)16-14(18)15-7-5-11(6-8-15)13(15)17/h2-5,7,9,11H,6,8H2,1H3,(H,16,18). The van der Waals surface area contributed by atoms with E-state index in [0.717, 1.165) is 17.7 Å². The first-order chi connectivity index (χ1) is 8.62. The maximum Gasteiger partial charge on any atom is 0.241 e. The van der Waals surface area contributed by atoms with E-state index in [1.807, 2.05) is 37.3 Å². The fraction of sp³-hybridized carbons (Fsp3) is 0.333. The average Bonchev–Trinajstić information content (AvgIpc) is 2.84. The summed E-state index contributed by atoms with van der Waals surface area (Å²) in [7, 11) is 0. The van der Waals surface area contributed by atoms with Crippen molar-refractivity contribution in [3.05, 3.63) is 42.0 Å². The van der Waals surface area contributed by atoms with E-state index in [-0.39, 0.29) is 17.6 Å². The van der Waals surface area contributed by atoms with Crippen molar-refractivity contribution in [3.8, 4) is 0 Å². The summed E-state index contributed by atoms with van der Waals surface area (Å²) in [4.78, 5) is 24.4. The average molecular weight is 241 g/mol. The molecule has 1 aromatic carbocycles. The molecule has 2 unspecified atom stereocenters. The van der Waals surface area contributed by atoms with Gasteiger partial charge in [0.2, 0.25) is 5.91 Å². The number of carbonyl (C=O) groups excluding carboxylic acids is 2. The van der Waals surface area contributed by atoms with Crippen molar-refractivity contribution in [1.29, 1.82) is 0 Å². The zero-order valence-corrected chi connectivity index (χ0v) is 10.3. The molecule has 2 atom stereocenters. The highest BCUT2D eigenvalue weighted by Gasteiger charge is 2.54. The molecule has 0 aromatic heterocycles. The molecule has 0 radical (unpaired) electrons. The number of Topliss-reactive ketones (excluding diaryl/α,β-unsaturated/α-hetero) is 1. The molecule has 3 rings (SSSR count). The van der Waals surface area contributed by atoms with E-state index in [1.165, 1.54) is 0 Å². The number of rotatable bonds is 2. The van der Waals surface area contributed by atoms with E-state index >= 15 is 0 Å². The summed E-state index contributed by atoms with van der Waals surface area (Å²) in [6.07, 6.45) is 5.11. The van der Waals surface area contributed by atoms with E-state index in [1.54, 1.807) is 6.08 Å². The van der Waals surface area contributed by atoms with Gasteiger partial charge in [-0.05, 0) is 37.5 Å². The number of hydrogen-bond acceptors (Lipinski definition) is 2. The fourth-order valence-corrected chi connectivity index (χ4v) is 2.86. The van der Waals surface area contributed by atoms with Crippen LogP contribution in [0.5, 0.6) is 0 Å². The summed E-state index contributed by atoms with van der Waals surface area (Å²) in [5, 5.41) is 2.86. The number of carbonyl (C=O) groups is 2. The number of anilines is 1. The molecular formula is C15H15NO2. The summed E-state index contributed by atoms with van der Waals surface area (Å²) in [6, 6.07) is 7.62. The molecular weight excluding hydrogens is 226 g/mol. The third-order valence-corrected chi connectivity index (χ3v) is 3.92. The second-order valence-corrected chi connectivity index (χ2v) is 5.16. The Morgan fingerprint density at radius 3 is 2.83 bits per heavy atom. The maximum atomic E-state index is 12.3. The Balaban J connectivity index is 1.84. The first kappa shape index (κ1) is 11.2. The van der Waals surface area contributed by atoms with E-state index in [0.29, 0.717) is 6.42 Å². The van der Waals surface area contributed by atoms with Crippen LogP contribution in [0.25, 0.3) is 0 Å². The van der Waals surface area contributed by atoms with Gasteiger partial charge in [-0.15, -0.1) is 0 Å². The fourth-order valence-electron chi connectivity index (χ4n) is 2.86. The Kier molecular flexibility index (Phi) is 2.37. The lowest BCUT2D eigenvalue weighted by Gasteiger charge is -2.20. The molecule has 1 N–H and O–H groups in total. The largest absolute Gasteiger partial charge is 0.325 e. The molecule has 1 aromatic rings. The molecule has 2 aliphatic carbocycles. The Labute approximate surface area is 106 Å². The number of allylic oxidation sites excluding steroid dienone is 1. The lowest BCUT2D eigenvalue weighted by atomic mass is 9.86. The van der Waals surface area contributed by atoms with E-state index in [4.69, 9.17) is 0 Å². The summed E-state index contributed by atoms with van der Waals surface area (Å²) < 4.78 is 0. The van der Waals surface area contributed by atoms with Crippen LogP contribution in [0.1, 0.15) is 18.4 Å². The van der Waals surface area contributed by atoms with Gasteiger partial charge >= 0.3 is 0 Å². The van der Waals surface area contributed by atoms with Crippen molar-refractivity contribution in [2.24, 2.45) is 11.3 Å². The van der Waals surface area contributed by atoms with Crippen LogP contribution in [0.2, 0.25) is 0 Å². The van der Waals surface area contributed by atoms with Crippen molar-refractivity contribution in [1.82, 2.24) is 0 Å². The van der Waals surface area contributed by atoms with Crippen LogP contribution < -0.4 is 5.32 Å². The van der Waals surface area contributed by atoms with E-state index < -0.39 is 5.41 Å². The molecule has 2 bridgehead atoms. The number of fused-ring (bicyclic) bond motifs is 2. The van der Waals surface area contributed by atoms with Crippen LogP contribution in [0.15, 0.2) is 36.4 Å². The van der Waals surface area contributed by atoms with Crippen LogP contribution in [0.4, 0.5) is 5.69 Å². The van der Waals surface area contributed by atoms with Gasteiger partial charge in [0.15, 0.2) is 5.78 Å². The quantitative estimate of drug-likeness (QED) is 0.638. The van der Waals surface area contributed by atoms with Crippen molar-refractivity contribution in [2.75, 3.05) is 5.32 Å². The zero-order chi connectivity index (χ0) is 12.8. The first-order valence-corrected chi connectivity index (χ1v) is 6.24. The molecule has 0 heterocycles. The highest BCUT2D eigenvalue weighted by atomic mass is 16.2. The van der Waals surface area contributed by atoms with Crippen molar-refractivity contribution < 1.29 is 9.59 Å². The minimum absolute atomic E-state index is 0.0340. The molecule has 1 amide bonds. The Morgan fingerprint density at radius 1 is 1.44 bits per heavy atom. The van der Waals surface area contributed by atoms with Gasteiger partial charge in [0.1, 0.15) is 5.41 Å². The molecule has 1 fully saturated rings. The van der Waals surface area contributed by atoms with Crippen LogP contribution in [0, 0.1) is 18.3 Å². The van der Waals surface area contributed by atoms with Crippen molar-refractivity contribution >= 4 is 17.4 Å². The predicted molar refractivity (Wildman–Crippen MR) is 69.1 cm³/mol. The monoisotopic (exact) mass is 241 g/mol. The molecule has 92 valence electrons.